The first-order chi connectivity index (χ1) is 18.0. The van der Waals surface area contributed by atoms with Crippen molar-refractivity contribution in [1.29, 1.82) is 0 Å². The number of carbonyl (C=O) groups excluding carboxylic acids is 4. The number of amides is 6. The van der Waals surface area contributed by atoms with E-state index in [2.05, 4.69) is 20.6 Å². The molecule has 1 atom stereocenters. The molecular weight excluding hydrogens is 562 g/mol. The maximum atomic E-state index is 12.8. The van der Waals surface area contributed by atoms with E-state index in [1.807, 2.05) is 0 Å². The Kier molecular flexibility index (Phi) is 8.10. The molecule has 39 heavy (non-hydrogen) atoms. The molecule has 0 spiro atoms. The number of carboxylic acids is 1. The first kappa shape index (κ1) is 29.2. The Hall–Kier alpha value is -4.33. The summed E-state index contributed by atoms with van der Waals surface area (Å²) < 4.78 is 27.1. The van der Waals surface area contributed by atoms with Gasteiger partial charge in [0.1, 0.15) is 11.7 Å². The molecule has 1 aromatic rings. The van der Waals surface area contributed by atoms with Crippen LogP contribution in [0.15, 0.2) is 15.6 Å². The lowest BCUT2D eigenvalue weighted by Crippen LogP contribution is -2.68. The average molecular weight is 588 g/mol. The van der Waals surface area contributed by atoms with Crippen LogP contribution >= 0.6 is 11.3 Å². The highest BCUT2D eigenvalue weighted by molar-refractivity contribution is 7.88. The van der Waals surface area contributed by atoms with Crippen LogP contribution in [0.2, 0.25) is 0 Å². The molecule has 5 N–H and O–H groups in total. The summed E-state index contributed by atoms with van der Waals surface area (Å²) in [5.41, 5.74) is 3.74. The lowest BCUT2D eigenvalue weighted by molar-refractivity contribution is -0.161. The third-order valence-corrected chi connectivity index (χ3v) is 7.14. The number of nitrogen functional groups attached to an aromatic ring is 1. The topological polar surface area (TPSA) is 246 Å². The number of nitrogens with zero attached hydrogens (tertiary/aromatic N) is 6. The molecule has 0 radical (unpaired) electrons. The van der Waals surface area contributed by atoms with Gasteiger partial charge in [0, 0.05) is 11.1 Å². The standard InChI is InChI=1S/C19H25N9O9S2/c1-9(2)23-27-5-6-28(18(27)34)39(35,36)25-17(33)26-7-10(14(26)30)21-13(29)12(11-8-38-16(20)22-11)24-37-19(3,4)15(31)32/h8,10H,5-7H2,1-4H3,(H2,20,22)(H,21,29)(H,25,33)(H,31,32)/b24-12+/t10-/m0/s1. The Bertz CT molecular complexity index is 1380. The van der Waals surface area contributed by atoms with E-state index in [4.69, 9.17) is 10.6 Å². The van der Waals surface area contributed by atoms with E-state index in [0.29, 0.717) is 14.9 Å². The van der Waals surface area contributed by atoms with Gasteiger partial charge in [-0.1, -0.05) is 5.16 Å². The minimum Gasteiger partial charge on any atom is -0.478 e. The molecule has 0 bridgehead atoms. The number of aliphatic carboxylic acids is 1. The Labute approximate surface area is 225 Å². The molecule has 0 unspecified atom stereocenters. The van der Waals surface area contributed by atoms with Crippen molar-refractivity contribution in [3.8, 4) is 0 Å². The van der Waals surface area contributed by atoms with E-state index in [1.54, 1.807) is 18.6 Å². The highest BCUT2D eigenvalue weighted by Crippen LogP contribution is 2.18. The molecule has 6 amide bonds. The molecule has 2 fully saturated rings. The number of β-lactam (4-membered cyclic amide) rings is 1. The molecule has 2 aliphatic heterocycles. The van der Waals surface area contributed by atoms with Gasteiger partial charge in [0.2, 0.25) is 5.60 Å². The number of carboxylic acid groups (broad SMARTS) is 1. The lowest BCUT2D eigenvalue weighted by atomic mass is 10.1. The Morgan fingerprint density at radius 2 is 1.92 bits per heavy atom. The van der Waals surface area contributed by atoms with Crippen LogP contribution < -0.4 is 15.8 Å². The van der Waals surface area contributed by atoms with Crippen LogP contribution in [0.4, 0.5) is 14.7 Å². The van der Waals surface area contributed by atoms with Gasteiger partial charge in [-0.05, 0) is 27.7 Å². The molecular formula is C19H25N9O9S2. The average Bonchev–Trinajstić information content (AvgIpc) is 3.41. The van der Waals surface area contributed by atoms with E-state index in [9.17, 15) is 37.5 Å². The SMILES string of the molecule is CC(C)=NN1CCN(S(=O)(=O)NC(=O)N2C[C@H](NC(=O)/C(=N/OC(C)(C)C(=O)O)c3csc(N)n3)C2=O)C1=O. The summed E-state index contributed by atoms with van der Waals surface area (Å²) in [6, 6.07) is -3.57. The maximum absolute atomic E-state index is 12.8. The summed E-state index contributed by atoms with van der Waals surface area (Å²) in [5, 5.41) is 21.3. The minimum absolute atomic E-state index is 0.0300. The number of hydrazone groups is 1. The van der Waals surface area contributed by atoms with E-state index < -0.39 is 64.0 Å². The van der Waals surface area contributed by atoms with Crippen molar-refractivity contribution < 1.29 is 42.3 Å². The first-order valence-electron chi connectivity index (χ1n) is 11.0. The summed E-state index contributed by atoms with van der Waals surface area (Å²) in [6.45, 7) is 4.89. The van der Waals surface area contributed by atoms with Gasteiger partial charge in [0.05, 0.1) is 19.6 Å². The molecule has 0 aliphatic carbocycles. The number of thiazole rings is 1. The maximum Gasteiger partial charge on any atom is 0.355 e. The number of rotatable bonds is 9. The molecule has 1 aromatic heterocycles. The summed E-state index contributed by atoms with van der Waals surface area (Å²) >= 11 is 0.963. The summed E-state index contributed by atoms with van der Waals surface area (Å²) in [6.07, 6.45) is 0. The number of hydrogen-bond acceptors (Lipinski definition) is 13. The molecule has 0 aromatic carbocycles. The number of imide groups is 1. The number of likely N-dealkylation sites (tertiary alicyclic amines) is 1. The van der Waals surface area contributed by atoms with Gasteiger partial charge in [0.25, 0.3) is 11.8 Å². The second-order valence-electron chi connectivity index (χ2n) is 8.83. The quantitative estimate of drug-likeness (QED) is 0.150. The van der Waals surface area contributed by atoms with Gasteiger partial charge >= 0.3 is 28.2 Å². The van der Waals surface area contributed by atoms with Gasteiger partial charge in [-0.25, -0.2) is 33.4 Å². The van der Waals surface area contributed by atoms with Gasteiger partial charge in [-0.15, -0.1) is 11.3 Å². The zero-order valence-corrected chi connectivity index (χ0v) is 22.7. The fourth-order valence-corrected chi connectivity index (χ4v) is 4.64. The summed E-state index contributed by atoms with van der Waals surface area (Å²) in [7, 11) is -4.65. The Balaban J connectivity index is 1.65. The van der Waals surface area contributed by atoms with Crippen molar-refractivity contribution in [2.75, 3.05) is 25.4 Å². The number of anilines is 1. The zero-order chi connectivity index (χ0) is 29.3. The molecule has 20 heteroatoms. The second-order valence-corrected chi connectivity index (χ2v) is 11.3. The molecule has 3 heterocycles. The van der Waals surface area contributed by atoms with Gasteiger partial charge < -0.3 is 21.0 Å². The van der Waals surface area contributed by atoms with E-state index >= 15 is 0 Å². The minimum atomic E-state index is -4.65. The van der Waals surface area contributed by atoms with Crippen LogP contribution in [-0.2, 0) is 29.4 Å². The van der Waals surface area contributed by atoms with Crippen LogP contribution in [0, 0.1) is 0 Å². The summed E-state index contributed by atoms with van der Waals surface area (Å²) in [4.78, 5) is 70.8. The number of aromatic nitrogens is 1. The monoisotopic (exact) mass is 587 g/mol. The number of nitrogens with two attached hydrogens (primary N) is 1. The molecule has 18 nitrogen and oxygen atoms in total. The van der Waals surface area contributed by atoms with Crippen molar-refractivity contribution in [3.63, 3.8) is 0 Å². The number of hydrogen-bond donors (Lipinski definition) is 4. The van der Waals surface area contributed by atoms with Crippen molar-refractivity contribution in [2.24, 2.45) is 10.3 Å². The van der Waals surface area contributed by atoms with Crippen molar-refractivity contribution in [2.45, 2.75) is 39.3 Å². The predicted octanol–water partition coefficient (Wildman–Crippen LogP) is -1.28. The smallest absolute Gasteiger partial charge is 0.355 e. The molecule has 2 saturated heterocycles. The summed E-state index contributed by atoms with van der Waals surface area (Å²) in [5.74, 6) is -3.33. The third kappa shape index (κ3) is 6.39. The molecule has 3 rings (SSSR count). The van der Waals surface area contributed by atoms with Crippen LogP contribution in [0.5, 0.6) is 0 Å². The third-order valence-electron chi connectivity index (χ3n) is 5.12. The van der Waals surface area contributed by atoms with Gasteiger partial charge in [-0.2, -0.15) is 13.5 Å². The van der Waals surface area contributed by atoms with Crippen LogP contribution in [0.1, 0.15) is 33.4 Å². The molecule has 212 valence electrons. The van der Waals surface area contributed by atoms with Crippen molar-refractivity contribution in [3.05, 3.63) is 11.1 Å². The predicted molar refractivity (Wildman–Crippen MR) is 135 cm³/mol. The molecule has 0 saturated carbocycles. The van der Waals surface area contributed by atoms with Crippen molar-refractivity contribution in [1.82, 2.24) is 29.2 Å². The molecule has 2 aliphatic rings. The van der Waals surface area contributed by atoms with Gasteiger partial charge in [0.15, 0.2) is 10.8 Å². The number of nitrogens with one attached hydrogen (secondary N) is 2. The number of carbonyl (C=O) groups is 5. The van der Waals surface area contributed by atoms with E-state index in [0.717, 1.165) is 16.3 Å². The highest BCUT2D eigenvalue weighted by Gasteiger charge is 2.45. The normalized spacial score (nSPS) is 18.0. The number of urea groups is 2. The van der Waals surface area contributed by atoms with Crippen LogP contribution in [0.25, 0.3) is 0 Å². The fraction of sp³-hybridized carbons (Fsp3) is 0.474. The van der Waals surface area contributed by atoms with Crippen LogP contribution in [-0.4, -0.2) is 105 Å². The Morgan fingerprint density at radius 1 is 1.26 bits per heavy atom. The van der Waals surface area contributed by atoms with E-state index in [-0.39, 0.29) is 23.9 Å². The fourth-order valence-electron chi connectivity index (χ4n) is 3.03. The van der Waals surface area contributed by atoms with Gasteiger partial charge in [-0.3, -0.25) is 14.5 Å². The largest absolute Gasteiger partial charge is 0.478 e. The van der Waals surface area contributed by atoms with Crippen molar-refractivity contribution >= 4 is 67.9 Å². The highest BCUT2D eigenvalue weighted by atomic mass is 32.2. The lowest BCUT2D eigenvalue weighted by Gasteiger charge is -2.36. The van der Waals surface area contributed by atoms with E-state index in [1.165, 1.54) is 19.2 Å². The number of oxime groups is 1. The zero-order valence-electron chi connectivity index (χ0n) is 21.1. The Morgan fingerprint density at radius 3 is 2.46 bits per heavy atom. The van der Waals surface area contributed by atoms with Crippen LogP contribution in [0.3, 0.4) is 0 Å². The second kappa shape index (κ2) is 10.8. The first-order valence-corrected chi connectivity index (χ1v) is 13.4.